The molecule has 134 valence electrons. The normalized spacial score (nSPS) is 13.6. The fraction of sp³-hybridized carbons (Fsp3) is 0.364. The molecule has 0 spiro atoms. The van der Waals surface area contributed by atoms with Gasteiger partial charge >= 0.3 is 0 Å². The molecule has 4 rings (SSSR count). The van der Waals surface area contributed by atoms with Crippen molar-refractivity contribution in [2.24, 2.45) is 5.41 Å². The second-order valence-electron chi connectivity index (χ2n) is 8.95. The Labute approximate surface area is 162 Å². The Hall–Kier alpha value is -1.78. The molecule has 0 unspecified atom stereocenters. The van der Waals surface area contributed by atoms with Gasteiger partial charge in [-0.25, -0.2) is 0 Å². The Morgan fingerprint density at radius 2 is 1.38 bits per heavy atom. The van der Waals surface area contributed by atoms with Crippen LogP contribution in [-0.4, -0.2) is 9.97 Å². The SMILES string of the molecule is CC(C)(C)/C=C/c1cc2c3nccnc3c3cc(C(C)(C)C)sc3c2s1. The van der Waals surface area contributed by atoms with E-state index in [2.05, 4.69) is 75.8 Å². The van der Waals surface area contributed by atoms with Crippen LogP contribution in [0.25, 0.3) is 37.3 Å². The summed E-state index contributed by atoms with van der Waals surface area (Å²) in [6, 6.07) is 4.59. The lowest BCUT2D eigenvalue weighted by Gasteiger charge is -2.14. The summed E-state index contributed by atoms with van der Waals surface area (Å²) in [5.74, 6) is 0. The third-order valence-corrected chi connectivity index (χ3v) is 7.21. The van der Waals surface area contributed by atoms with Crippen LogP contribution in [-0.2, 0) is 5.41 Å². The van der Waals surface area contributed by atoms with Gasteiger partial charge in [-0.3, -0.25) is 9.97 Å². The predicted octanol–water partition coefficient (Wildman–Crippen LogP) is 7.42. The first-order chi connectivity index (χ1) is 12.1. The van der Waals surface area contributed by atoms with E-state index in [1.807, 2.05) is 22.7 Å². The molecule has 0 saturated carbocycles. The fourth-order valence-electron chi connectivity index (χ4n) is 3.01. The first-order valence-electron chi connectivity index (χ1n) is 8.93. The van der Waals surface area contributed by atoms with Crippen molar-refractivity contribution >= 4 is 60.0 Å². The van der Waals surface area contributed by atoms with Gasteiger partial charge in [-0.15, -0.1) is 22.7 Å². The number of hydrogen-bond donors (Lipinski definition) is 0. The summed E-state index contributed by atoms with van der Waals surface area (Å²) in [7, 11) is 0. The smallest absolute Gasteiger partial charge is 0.0980 e. The molecule has 2 nitrogen and oxygen atoms in total. The number of allylic oxidation sites excluding steroid dienone is 1. The topological polar surface area (TPSA) is 25.8 Å². The van der Waals surface area contributed by atoms with Gasteiger partial charge in [-0.2, -0.15) is 0 Å². The average molecular weight is 381 g/mol. The standard InChI is InChI=1S/C22H24N2S2/c1-21(2,3)8-7-13-11-14-17-18(24-10-9-23-17)15-12-16(22(4,5)6)26-20(15)19(14)25-13/h7-12H,1-6H3/b8-7+. The Morgan fingerprint density at radius 3 is 1.96 bits per heavy atom. The lowest BCUT2D eigenvalue weighted by molar-refractivity contribution is 0.547. The Morgan fingerprint density at radius 1 is 0.808 bits per heavy atom. The van der Waals surface area contributed by atoms with Gasteiger partial charge in [0.15, 0.2) is 0 Å². The number of hydrogen-bond acceptors (Lipinski definition) is 4. The summed E-state index contributed by atoms with van der Waals surface area (Å²) in [4.78, 5) is 12.0. The number of fused-ring (bicyclic) bond motifs is 6. The molecule has 0 N–H and O–H groups in total. The highest BCUT2D eigenvalue weighted by molar-refractivity contribution is 7.28. The zero-order valence-corrected chi connectivity index (χ0v) is 17.8. The van der Waals surface area contributed by atoms with Crippen molar-refractivity contribution in [1.82, 2.24) is 9.97 Å². The maximum atomic E-state index is 4.68. The maximum absolute atomic E-state index is 4.68. The lowest BCUT2D eigenvalue weighted by Crippen LogP contribution is -2.07. The van der Waals surface area contributed by atoms with E-state index >= 15 is 0 Å². The molecule has 0 saturated heterocycles. The van der Waals surface area contributed by atoms with Gasteiger partial charge in [0.2, 0.25) is 0 Å². The van der Waals surface area contributed by atoms with Crippen molar-refractivity contribution in [3.63, 3.8) is 0 Å². The van der Waals surface area contributed by atoms with Crippen LogP contribution in [0.5, 0.6) is 0 Å². The van der Waals surface area contributed by atoms with Crippen LogP contribution in [0.1, 0.15) is 51.3 Å². The van der Waals surface area contributed by atoms with E-state index in [1.54, 1.807) is 12.4 Å². The van der Waals surface area contributed by atoms with Crippen LogP contribution in [0.15, 0.2) is 30.6 Å². The average Bonchev–Trinajstić information content (AvgIpc) is 3.16. The van der Waals surface area contributed by atoms with E-state index < -0.39 is 0 Å². The molecule has 1 aromatic carbocycles. The van der Waals surface area contributed by atoms with Crippen LogP contribution in [0.3, 0.4) is 0 Å². The molecule has 26 heavy (non-hydrogen) atoms. The largest absolute Gasteiger partial charge is 0.252 e. The maximum Gasteiger partial charge on any atom is 0.0980 e. The minimum Gasteiger partial charge on any atom is -0.252 e. The molecular formula is C22H24N2S2. The van der Waals surface area contributed by atoms with Crippen LogP contribution < -0.4 is 0 Å². The van der Waals surface area contributed by atoms with Gasteiger partial charge < -0.3 is 0 Å². The van der Waals surface area contributed by atoms with Crippen LogP contribution >= 0.6 is 22.7 Å². The van der Waals surface area contributed by atoms with Crippen molar-refractivity contribution < 1.29 is 0 Å². The molecule has 0 atom stereocenters. The van der Waals surface area contributed by atoms with Gasteiger partial charge in [0, 0.05) is 32.9 Å². The molecule has 0 fully saturated rings. The van der Waals surface area contributed by atoms with Gasteiger partial charge in [0.1, 0.15) is 0 Å². The third-order valence-electron chi connectivity index (χ3n) is 4.38. The van der Waals surface area contributed by atoms with E-state index in [1.165, 1.54) is 29.9 Å². The molecule has 0 radical (unpaired) electrons. The second kappa shape index (κ2) is 5.86. The van der Waals surface area contributed by atoms with Crippen molar-refractivity contribution in [3.8, 4) is 0 Å². The molecule has 0 aliphatic carbocycles. The van der Waals surface area contributed by atoms with E-state index in [0.29, 0.717) is 0 Å². The van der Waals surface area contributed by atoms with Gasteiger partial charge in [-0.1, -0.05) is 47.6 Å². The number of thiophene rings is 2. The Balaban J connectivity index is 2.07. The third kappa shape index (κ3) is 3.06. The van der Waals surface area contributed by atoms with Crippen molar-refractivity contribution in [1.29, 1.82) is 0 Å². The predicted molar refractivity (Wildman–Crippen MR) is 117 cm³/mol. The summed E-state index contributed by atoms with van der Waals surface area (Å²) in [5.41, 5.74) is 2.35. The molecule has 3 heterocycles. The molecular weight excluding hydrogens is 356 g/mol. The number of benzene rings is 1. The van der Waals surface area contributed by atoms with Crippen LogP contribution in [0.4, 0.5) is 0 Å². The van der Waals surface area contributed by atoms with Gasteiger partial charge in [-0.05, 0) is 29.0 Å². The monoisotopic (exact) mass is 380 g/mol. The summed E-state index contributed by atoms with van der Waals surface area (Å²) >= 11 is 3.77. The number of aromatic nitrogens is 2. The fourth-order valence-corrected chi connectivity index (χ4v) is 5.44. The lowest BCUT2D eigenvalue weighted by atomic mass is 9.94. The number of nitrogens with zero attached hydrogens (tertiary/aromatic N) is 2. The van der Waals surface area contributed by atoms with Crippen LogP contribution in [0, 0.1) is 5.41 Å². The zero-order valence-electron chi connectivity index (χ0n) is 16.2. The molecule has 4 aromatic rings. The number of rotatable bonds is 1. The molecule has 0 bridgehead atoms. The quantitative estimate of drug-likeness (QED) is 0.343. The Bertz CT molecular complexity index is 1150. The molecule has 0 aliphatic rings. The second-order valence-corrected chi connectivity index (χ2v) is 11.1. The van der Waals surface area contributed by atoms with E-state index in [-0.39, 0.29) is 10.8 Å². The minimum absolute atomic E-state index is 0.136. The van der Waals surface area contributed by atoms with E-state index in [9.17, 15) is 0 Å². The summed E-state index contributed by atoms with van der Waals surface area (Å²) in [5, 5.41) is 2.46. The first-order valence-corrected chi connectivity index (χ1v) is 10.6. The van der Waals surface area contributed by atoms with Crippen molar-refractivity contribution in [2.45, 2.75) is 47.0 Å². The van der Waals surface area contributed by atoms with Crippen molar-refractivity contribution in [2.75, 3.05) is 0 Å². The summed E-state index contributed by atoms with van der Waals surface area (Å²) in [6.07, 6.45) is 8.12. The first kappa shape index (κ1) is 17.6. The Kier molecular flexibility index (Phi) is 3.97. The van der Waals surface area contributed by atoms with Gasteiger partial charge in [0.05, 0.1) is 20.4 Å². The molecule has 0 amide bonds. The molecule has 3 aromatic heterocycles. The minimum atomic E-state index is 0.136. The highest BCUT2D eigenvalue weighted by Crippen LogP contribution is 2.44. The molecule has 4 heteroatoms. The van der Waals surface area contributed by atoms with Crippen molar-refractivity contribution in [3.05, 3.63) is 40.4 Å². The zero-order chi connectivity index (χ0) is 18.7. The van der Waals surface area contributed by atoms with Gasteiger partial charge in [0.25, 0.3) is 0 Å². The van der Waals surface area contributed by atoms with E-state index in [0.717, 1.165) is 11.0 Å². The molecule has 0 aliphatic heterocycles. The van der Waals surface area contributed by atoms with Crippen LogP contribution in [0.2, 0.25) is 0 Å². The highest BCUT2D eigenvalue weighted by atomic mass is 32.1. The van der Waals surface area contributed by atoms with E-state index in [4.69, 9.17) is 0 Å². The summed E-state index contributed by atoms with van der Waals surface area (Å²) in [6.45, 7) is 13.5. The highest BCUT2D eigenvalue weighted by Gasteiger charge is 2.21. The summed E-state index contributed by atoms with van der Waals surface area (Å²) < 4.78 is 2.68.